The molecule has 1 aliphatic rings. The zero-order chi connectivity index (χ0) is 24.3. The van der Waals surface area contributed by atoms with Gasteiger partial charge >= 0.3 is 7.82 Å². The molecular formula is C21H26NO10P. The molecule has 0 spiro atoms. The monoisotopic (exact) mass is 483 g/mol. The van der Waals surface area contributed by atoms with E-state index in [1.54, 1.807) is 50.4 Å². The van der Waals surface area contributed by atoms with Gasteiger partial charge in [-0.25, -0.2) is 4.57 Å². The van der Waals surface area contributed by atoms with E-state index in [1.165, 1.54) is 0 Å². The molecule has 33 heavy (non-hydrogen) atoms. The number of hydrogen-bond donors (Lipinski definition) is 6. The van der Waals surface area contributed by atoms with Gasteiger partial charge in [0, 0.05) is 12.6 Å². The first-order valence-electron chi connectivity index (χ1n) is 9.99. The lowest BCUT2D eigenvalue weighted by molar-refractivity contribution is -0.276. The van der Waals surface area contributed by atoms with Crippen molar-refractivity contribution in [2.24, 2.45) is 0 Å². The third-order valence-electron chi connectivity index (χ3n) is 5.18. The quantitative estimate of drug-likeness (QED) is 0.301. The first-order chi connectivity index (χ1) is 15.5. The minimum absolute atomic E-state index is 0.213. The van der Waals surface area contributed by atoms with Gasteiger partial charge in [-0.05, 0) is 47.9 Å². The van der Waals surface area contributed by atoms with Crippen molar-refractivity contribution in [3.8, 4) is 16.9 Å². The number of phosphoric ester groups is 1. The maximum atomic E-state index is 11.9. The highest BCUT2D eigenvalue weighted by Crippen LogP contribution is 2.37. The number of rotatable bonds is 7. The fourth-order valence-electron chi connectivity index (χ4n) is 3.39. The predicted molar refractivity (Wildman–Crippen MR) is 115 cm³/mol. The summed E-state index contributed by atoms with van der Waals surface area (Å²) in [6.45, 7) is 1.02. The molecule has 3 rings (SSSR count). The molecule has 1 amide bonds. The first kappa shape index (κ1) is 25.3. The summed E-state index contributed by atoms with van der Waals surface area (Å²) in [6, 6.07) is 12.2. The van der Waals surface area contributed by atoms with Crippen molar-refractivity contribution in [1.82, 2.24) is 5.32 Å². The van der Waals surface area contributed by atoms with Gasteiger partial charge in [0.15, 0.2) is 0 Å². The normalized spacial score (nSPS) is 25.5. The molecule has 6 N–H and O–H groups in total. The second-order valence-corrected chi connectivity index (χ2v) is 8.80. The molecule has 0 radical (unpaired) electrons. The molecule has 0 unspecified atom stereocenters. The Hall–Kier alpha value is -2.34. The Kier molecular flexibility index (Phi) is 7.88. The molecule has 12 heteroatoms. The highest BCUT2D eigenvalue weighted by atomic mass is 31.2. The van der Waals surface area contributed by atoms with Gasteiger partial charge in [0.2, 0.25) is 6.29 Å². The Bertz CT molecular complexity index is 1040. The van der Waals surface area contributed by atoms with Gasteiger partial charge in [-0.2, -0.15) is 0 Å². The van der Waals surface area contributed by atoms with Crippen molar-refractivity contribution in [2.75, 3.05) is 13.7 Å². The van der Waals surface area contributed by atoms with E-state index in [4.69, 9.17) is 19.3 Å². The van der Waals surface area contributed by atoms with Crippen molar-refractivity contribution in [3.05, 3.63) is 53.6 Å². The van der Waals surface area contributed by atoms with E-state index in [2.05, 4.69) is 9.84 Å². The summed E-state index contributed by atoms with van der Waals surface area (Å²) in [5.74, 6) is 0.0958. The summed E-state index contributed by atoms with van der Waals surface area (Å²) < 4.78 is 26.4. The molecule has 0 aliphatic carbocycles. The summed E-state index contributed by atoms with van der Waals surface area (Å²) in [4.78, 5) is 29.6. The summed E-state index contributed by atoms with van der Waals surface area (Å²) in [5, 5.41) is 33.0. The number of carbonyl (C=O) groups excluding carboxylic acids is 1. The molecule has 5 atom stereocenters. The molecule has 0 aromatic heterocycles. The Morgan fingerprint density at radius 1 is 1.06 bits per heavy atom. The summed E-state index contributed by atoms with van der Waals surface area (Å²) in [7, 11) is -3.29. The number of carbonyl (C=O) groups is 1. The van der Waals surface area contributed by atoms with Crippen LogP contribution in [0.2, 0.25) is 0 Å². The smallest absolute Gasteiger partial charge is 0.462 e. The Labute approximate surface area is 189 Å². The number of ether oxygens (including phenoxy) is 2. The van der Waals surface area contributed by atoms with Gasteiger partial charge in [-0.15, -0.1) is 0 Å². The van der Waals surface area contributed by atoms with Gasteiger partial charge in [0.25, 0.3) is 5.91 Å². The van der Waals surface area contributed by atoms with E-state index >= 15 is 0 Å². The van der Waals surface area contributed by atoms with Crippen molar-refractivity contribution < 1.29 is 48.5 Å². The van der Waals surface area contributed by atoms with E-state index in [0.29, 0.717) is 16.9 Å². The molecule has 11 nitrogen and oxygen atoms in total. The van der Waals surface area contributed by atoms with Crippen LogP contribution in [0.25, 0.3) is 11.1 Å². The predicted octanol–water partition coefficient (Wildman–Crippen LogP) is 0.317. The SMILES string of the molecule is CNC(=O)c1cccc(-c2ccc(O[C@H]3O[C@H](COP(=O)(O)O)[C@@H](O)[C@H](O)[C@@H]3O)c(C)c2)c1. The van der Waals surface area contributed by atoms with E-state index in [9.17, 15) is 24.7 Å². The van der Waals surface area contributed by atoms with Crippen LogP contribution in [0.5, 0.6) is 5.75 Å². The highest BCUT2D eigenvalue weighted by molar-refractivity contribution is 7.46. The zero-order valence-corrected chi connectivity index (χ0v) is 18.8. The zero-order valence-electron chi connectivity index (χ0n) is 17.9. The molecule has 1 aliphatic heterocycles. The number of nitrogens with one attached hydrogen (secondary N) is 1. The highest BCUT2D eigenvalue weighted by Gasteiger charge is 2.45. The molecule has 0 bridgehead atoms. The number of aliphatic hydroxyl groups excluding tert-OH is 3. The second kappa shape index (κ2) is 10.3. The lowest BCUT2D eigenvalue weighted by atomic mass is 9.99. The van der Waals surface area contributed by atoms with Gasteiger partial charge in [-0.1, -0.05) is 18.2 Å². The van der Waals surface area contributed by atoms with Gasteiger partial charge in [0.1, 0.15) is 30.2 Å². The van der Waals surface area contributed by atoms with Gasteiger partial charge in [-0.3, -0.25) is 9.32 Å². The molecule has 180 valence electrons. The van der Waals surface area contributed by atoms with Crippen molar-refractivity contribution in [3.63, 3.8) is 0 Å². The lowest BCUT2D eigenvalue weighted by Crippen LogP contribution is -2.60. The summed E-state index contributed by atoms with van der Waals surface area (Å²) >= 11 is 0. The average Bonchev–Trinajstić information content (AvgIpc) is 2.78. The van der Waals surface area contributed by atoms with E-state index in [0.717, 1.165) is 11.1 Å². The summed E-state index contributed by atoms with van der Waals surface area (Å²) in [5.41, 5.74) is 2.76. The lowest BCUT2D eigenvalue weighted by Gasteiger charge is -2.40. The molecule has 2 aromatic rings. The number of aliphatic hydroxyl groups is 3. The van der Waals surface area contributed by atoms with Crippen LogP contribution >= 0.6 is 7.82 Å². The van der Waals surface area contributed by atoms with Gasteiger partial charge < -0.3 is 39.9 Å². The van der Waals surface area contributed by atoms with Crippen LogP contribution in [0.4, 0.5) is 0 Å². The third kappa shape index (κ3) is 6.17. The number of aryl methyl sites for hydroxylation is 1. The molecular weight excluding hydrogens is 457 g/mol. The summed E-state index contributed by atoms with van der Waals surface area (Å²) in [6.07, 6.45) is -7.76. The van der Waals surface area contributed by atoms with Crippen LogP contribution in [0.15, 0.2) is 42.5 Å². The molecule has 0 saturated carbocycles. The van der Waals surface area contributed by atoms with Crippen LogP contribution in [-0.2, 0) is 13.8 Å². The fraction of sp³-hybridized carbons (Fsp3) is 0.381. The number of amides is 1. The molecule has 1 saturated heterocycles. The standard InChI is InChI=1S/C21H26NO10P/c1-11-8-13(12-4-3-5-14(9-12)20(26)22-2)6-7-15(11)31-21-19(25)18(24)17(23)16(32-21)10-30-33(27,28)29/h3-9,16-19,21,23-25H,10H2,1-2H3,(H,22,26)(H2,27,28,29)/t16-,17-,18+,19+,21+/m1/s1. The van der Waals surface area contributed by atoms with Crippen LogP contribution in [0, 0.1) is 6.92 Å². The minimum atomic E-state index is -4.84. The van der Waals surface area contributed by atoms with Crippen LogP contribution in [0.1, 0.15) is 15.9 Å². The Morgan fingerprint density at radius 3 is 2.39 bits per heavy atom. The van der Waals surface area contributed by atoms with E-state index in [-0.39, 0.29) is 5.91 Å². The maximum absolute atomic E-state index is 11.9. The number of hydrogen-bond acceptors (Lipinski definition) is 8. The first-order valence-corrected chi connectivity index (χ1v) is 11.5. The van der Waals surface area contributed by atoms with Crippen LogP contribution in [-0.4, -0.2) is 75.4 Å². The molecule has 2 aromatic carbocycles. The van der Waals surface area contributed by atoms with Crippen molar-refractivity contribution in [2.45, 2.75) is 37.6 Å². The largest absolute Gasteiger partial charge is 0.469 e. The van der Waals surface area contributed by atoms with Crippen molar-refractivity contribution in [1.29, 1.82) is 0 Å². The molecule has 1 fully saturated rings. The topological polar surface area (TPSA) is 175 Å². The van der Waals surface area contributed by atoms with Crippen LogP contribution in [0.3, 0.4) is 0 Å². The van der Waals surface area contributed by atoms with E-state index < -0.39 is 45.1 Å². The van der Waals surface area contributed by atoms with Crippen LogP contribution < -0.4 is 10.1 Å². The number of phosphoric acid groups is 1. The Balaban J connectivity index is 1.77. The number of benzene rings is 2. The Morgan fingerprint density at radius 2 is 1.76 bits per heavy atom. The maximum Gasteiger partial charge on any atom is 0.469 e. The fourth-order valence-corrected chi connectivity index (χ4v) is 3.73. The van der Waals surface area contributed by atoms with Gasteiger partial charge in [0.05, 0.1) is 6.61 Å². The third-order valence-corrected chi connectivity index (χ3v) is 5.66. The van der Waals surface area contributed by atoms with Crippen molar-refractivity contribution >= 4 is 13.7 Å². The second-order valence-electron chi connectivity index (χ2n) is 7.56. The average molecular weight is 483 g/mol. The van der Waals surface area contributed by atoms with E-state index in [1.807, 2.05) is 6.07 Å². The molecule has 1 heterocycles. The minimum Gasteiger partial charge on any atom is -0.462 e.